The quantitative estimate of drug-likeness (QED) is 0.589. The van der Waals surface area contributed by atoms with Gasteiger partial charge < -0.3 is 9.64 Å². The lowest BCUT2D eigenvalue weighted by Crippen LogP contribution is -2.47. The van der Waals surface area contributed by atoms with E-state index in [0.717, 1.165) is 50.1 Å². The van der Waals surface area contributed by atoms with E-state index >= 15 is 0 Å². The maximum Gasteiger partial charge on any atom is 0.347 e. The number of anilines is 1. The minimum Gasteiger partial charge on any atom is -0.481 e. The number of piperazine rings is 1. The Hall–Kier alpha value is -2.75. The van der Waals surface area contributed by atoms with Crippen molar-refractivity contribution >= 4 is 5.95 Å². The first kappa shape index (κ1) is 19.0. The molecule has 0 spiro atoms. The smallest absolute Gasteiger partial charge is 0.347 e. The molecule has 0 unspecified atom stereocenters. The lowest BCUT2D eigenvalue weighted by atomic mass is 10.2. The van der Waals surface area contributed by atoms with E-state index in [2.05, 4.69) is 24.9 Å². The van der Waals surface area contributed by atoms with Crippen LogP contribution in [0.4, 0.5) is 5.95 Å². The molecule has 1 aliphatic rings. The van der Waals surface area contributed by atoms with E-state index in [1.807, 2.05) is 0 Å². The van der Waals surface area contributed by atoms with Crippen LogP contribution in [0.2, 0.25) is 0 Å². The molecule has 0 aromatic carbocycles. The molecule has 10 heteroatoms. The van der Waals surface area contributed by atoms with Gasteiger partial charge in [-0.2, -0.15) is 10.1 Å². The van der Waals surface area contributed by atoms with Gasteiger partial charge in [0.05, 0.1) is 7.11 Å². The molecule has 27 heavy (non-hydrogen) atoms. The average molecular weight is 375 g/mol. The number of unbranched alkanes of at least 4 members (excludes halogenated alkanes) is 1. The Morgan fingerprint density at radius 1 is 1.11 bits per heavy atom. The summed E-state index contributed by atoms with van der Waals surface area (Å²) < 4.78 is 7.58. The summed E-state index contributed by atoms with van der Waals surface area (Å²) in [6.45, 7) is 5.11. The molecule has 1 fully saturated rings. The van der Waals surface area contributed by atoms with Crippen molar-refractivity contribution < 1.29 is 4.74 Å². The summed E-state index contributed by atoms with van der Waals surface area (Å²) >= 11 is 0. The van der Waals surface area contributed by atoms with Crippen LogP contribution >= 0.6 is 0 Å². The molecule has 2 aromatic heterocycles. The summed E-state index contributed by atoms with van der Waals surface area (Å²) in [6.07, 6.45) is 4.70. The molecule has 0 N–H and O–H groups in total. The zero-order chi connectivity index (χ0) is 19.2. The highest BCUT2D eigenvalue weighted by Crippen LogP contribution is 2.14. The summed E-state index contributed by atoms with van der Waals surface area (Å²) in [5, 5.41) is 3.91. The van der Waals surface area contributed by atoms with Gasteiger partial charge in [-0.1, -0.05) is 0 Å². The number of methoxy groups -OCH3 is 1. The molecule has 0 radical (unpaired) electrons. The second-order valence-corrected chi connectivity index (χ2v) is 6.48. The lowest BCUT2D eigenvalue weighted by molar-refractivity contribution is 0.249. The van der Waals surface area contributed by atoms with Gasteiger partial charge in [-0.05, 0) is 19.4 Å². The van der Waals surface area contributed by atoms with Crippen LogP contribution in [0.3, 0.4) is 0 Å². The van der Waals surface area contributed by atoms with E-state index in [9.17, 15) is 9.59 Å². The van der Waals surface area contributed by atoms with Gasteiger partial charge in [0.25, 0.3) is 5.56 Å². The van der Waals surface area contributed by atoms with Crippen LogP contribution in [0.1, 0.15) is 12.8 Å². The van der Waals surface area contributed by atoms with Crippen LogP contribution in [-0.2, 0) is 13.6 Å². The number of rotatable bonds is 7. The van der Waals surface area contributed by atoms with Crippen molar-refractivity contribution in [3.8, 4) is 5.88 Å². The molecule has 10 nitrogen and oxygen atoms in total. The number of hydrogen-bond acceptors (Lipinski definition) is 8. The SMILES string of the molecule is COc1ccnc(N2CCN(CCCCn3ncc(=O)n(C)c3=O)CC2)n1. The van der Waals surface area contributed by atoms with Gasteiger partial charge in [-0.25, -0.2) is 14.5 Å². The van der Waals surface area contributed by atoms with E-state index in [-0.39, 0.29) is 11.2 Å². The number of hydrogen-bond donors (Lipinski definition) is 0. The predicted octanol–water partition coefficient (Wildman–Crippen LogP) is -0.657. The van der Waals surface area contributed by atoms with Crippen LogP contribution in [-0.4, -0.2) is 69.0 Å². The van der Waals surface area contributed by atoms with Gasteiger partial charge in [0.2, 0.25) is 11.8 Å². The normalized spacial score (nSPS) is 15.1. The highest BCUT2D eigenvalue weighted by Gasteiger charge is 2.19. The third kappa shape index (κ3) is 4.70. The van der Waals surface area contributed by atoms with Crippen LogP contribution in [0.15, 0.2) is 28.0 Å². The van der Waals surface area contributed by atoms with Crippen molar-refractivity contribution in [2.45, 2.75) is 19.4 Å². The Balaban J connectivity index is 1.42. The molecular formula is C17H25N7O3. The monoisotopic (exact) mass is 375 g/mol. The molecule has 3 rings (SSSR count). The molecule has 1 saturated heterocycles. The molecular weight excluding hydrogens is 350 g/mol. The molecule has 0 aliphatic carbocycles. The fourth-order valence-electron chi connectivity index (χ4n) is 3.04. The summed E-state index contributed by atoms with van der Waals surface area (Å²) in [5.41, 5.74) is -0.747. The summed E-state index contributed by atoms with van der Waals surface area (Å²) in [6, 6.07) is 1.74. The summed E-state index contributed by atoms with van der Waals surface area (Å²) in [4.78, 5) is 36.5. The summed E-state index contributed by atoms with van der Waals surface area (Å²) in [5.74, 6) is 1.28. The van der Waals surface area contributed by atoms with Crippen LogP contribution < -0.4 is 20.9 Å². The van der Waals surface area contributed by atoms with Crippen LogP contribution in [0, 0.1) is 0 Å². The van der Waals surface area contributed by atoms with E-state index in [4.69, 9.17) is 4.74 Å². The number of nitrogens with zero attached hydrogens (tertiary/aromatic N) is 7. The highest BCUT2D eigenvalue weighted by molar-refractivity contribution is 5.32. The molecule has 146 valence electrons. The van der Waals surface area contributed by atoms with Crippen molar-refractivity contribution in [1.29, 1.82) is 0 Å². The van der Waals surface area contributed by atoms with E-state index < -0.39 is 0 Å². The zero-order valence-corrected chi connectivity index (χ0v) is 15.7. The van der Waals surface area contributed by atoms with Crippen LogP contribution in [0.25, 0.3) is 0 Å². The molecule has 2 aromatic rings. The Labute approximate surface area is 157 Å². The third-order valence-corrected chi connectivity index (χ3v) is 4.72. The van der Waals surface area contributed by atoms with Crippen molar-refractivity contribution in [3.63, 3.8) is 0 Å². The maximum absolute atomic E-state index is 11.9. The maximum atomic E-state index is 11.9. The van der Waals surface area contributed by atoms with Crippen molar-refractivity contribution in [3.05, 3.63) is 39.3 Å². The number of ether oxygens (including phenoxy) is 1. The Kier molecular flexibility index (Phi) is 6.17. The van der Waals surface area contributed by atoms with Gasteiger partial charge >= 0.3 is 5.69 Å². The van der Waals surface area contributed by atoms with Gasteiger partial charge in [-0.3, -0.25) is 14.3 Å². The largest absolute Gasteiger partial charge is 0.481 e. The van der Waals surface area contributed by atoms with Crippen molar-refractivity contribution in [1.82, 2.24) is 29.2 Å². The Morgan fingerprint density at radius 3 is 2.59 bits per heavy atom. The van der Waals surface area contributed by atoms with Gasteiger partial charge in [0.1, 0.15) is 6.20 Å². The third-order valence-electron chi connectivity index (χ3n) is 4.72. The molecule has 0 bridgehead atoms. The fraction of sp³-hybridized carbons (Fsp3) is 0.588. The minimum atomic E-state index is -0.380. The first-order valence-electron chi connectivity index (χ1n) is 9.06. The zero-order valence-electron chi connectivity index (χ0n) is 15.7. The van der Waals surface area contributed by atoms with Crippen LogP contribution in [0.5, 0.6) is 5.88 Å². The van der Waals surface area contributed by atoms with Crippen molar-refractivity contribution in [2.24, 2.45) is 7.05 Å². The first-order chi connectivity index (χ1) is 13.1. The minimum absolute atomic E-state index is 0.366. The molecule has 0 amide bonds. The lowest BCUT2D eigenvalue weighted by Gasteiger charge is -2.34. The van der Waals surface area contributed by atoms with E-state index in [0.29, 0.717) is 18.4 Å². The first-order valence-corrected chi connectivity index (χ1v) is 9.06. The van der Waals surface area contributed by atoms with E-state index in [1.165, 1.54) is 17.9 Å². The standard InChI is InChI=1S/C17H25N7O3/c1-21-15(25)13-19-24(17(21)26)8-4-3-7-22-9-11-23(12-10-22)16-18-6-5-14(20-16)27-2/h5-6,13H,3-4,7-12H2,1-2H3. The Bertz CT molecular complexity index is 871. The number of aromatic nitrogens is 5. The topological polar surface area (TPSA) is 98.4 Å². The second-order valence-electron chi connectivity index (χ2n) is 6.48. The highest BCUT2D eigenvalue weighted by atomic mass is 16.5. The fourth-order valence-corrected chi connectivity index (χ4v) is 3.04. The second kappa shape index (κ2) is 8.76. The molecule has 0 atom stereocenters. The average Bonchev–Trinajstić information content (AvgIpc) is 2.71. The summed E-state index contributed by atoms with van der Waals surface area (Å²) in [7, 11) is 3.07. The van der Waals surface area contributed by atoms with Gasteiger partial charge in [0, 0.05) is 52.0 Å². The Morgan fingerprint density at radius 2 is 1.85 bits per heavy atom. The number of aryl methyl sites for hydroxylation is 1. The van der Waals surface area contributed by atoms with Crippen molar-refractivity contribution in [2.75, 3.05) is 44.7 Å². The van der Waals surface area contributed by atoms with Gasteiger partial charge in [-0.15, -0.1) is 0 Å². The predicted molar refractivity (Wildman–Crippen MR) is 100 cm³/mol. The van der Waals surface area contributed by atoms with Gasteiger partial charge in [0.15, 0.2) is 0 Å². The molecule has 3 heterocycles. The van der Waals surface area contributed by atoms with E-state index in [1.54, 1.807) is 19.4 Å². The molecule has 0 saturated carbocycles. The molecule has 1 aliphatic heterocycles.